The van der Waals surface area contributed by atoms with Crippen molar-refractivity contribution in [3.05, 3.63) is 47.3 Å². The number of ether oxygens (including phenoxy) is 1. The monoisotopic (exact) mass is 246 g/mol. The third-order valence-electron chi connectivity index (χ3n) is 2.72. The summed E-state index contributed by atoms with van der Waals surface area (Å²) in [4.78, 5) is 11.1. The van der Waals surface area contributed by atoms with E-state index in [1.165, 1.54) is 13.3 Å². The molecule has 1 aromatic carbocycles. The van der Waals surface area contributed by atoms with Crippen LogP contribution in [0.2, 0.25) is 0 Å². The molecule has 0 radical (unpaired) electrons. The first-order valence-electron chi connectivity index (χ1n) is 5.50. The van der Waals surface area contributed by atoms with E-state index in [1.54, 1.807) is 4.68 Å². The van der Waals surface area contributed by atoms with Crippen LogP contribution in [0.3, 0.4) is 0 Å². The molecule has 1 aromatic heterocycles. The maximum absolute atomic E-state index is 11.1. The van der Waals surface area contributed by atoms with Crippen LogP contribution in [0, 0.1) is 6.92 Å². The summed E-state index contributed by atoms with van der Waals surface area (Å²) in [6.07, 6.45) is 1.35. The smallest absolute Gasteiger partial charge is 0.339 e. The Bertz CT molecular complexity index is 575. The highest BCUT2D eigenvalue weighted by Crippen LogP contribution is 2.18. The number of hydrogen-bond donors (Lipinski definition) is 1. The maximum Gasteiger partial charge on any atom is 0.339 e. The van der Waals surface area contributed by atoms with Gasteiger partial charge in [0.15, 0.2) is 0 Å². The summed E-state index contributed by atoms with van der Waals surface area (Å²) in [5.74, 6) is -0.998. The lowest BCUT2D eigenvalue weighted by Gasteiger charge is -2.10. The first kappa shape index (κ1) is 12.3. The minimum absolute atomic E-state index is 0.167. The van der Waals surface area contributed by atoms with Gasteiger partial charge in [-0.15, -0.1) is 0 Å². The summed E-state index contributed by atoms with van der Waals surface area (Å²) in [7, 11) is 1.53. The zero-order valence-electron chi connectivity index (χ0n) is 10.3. The first-order chi connectivity index (χ1) is 8.65. The van der Waals surface area contributed by atoms with Gasteiger partial charge in [-0.25, -0.2) is 9.48 Å². The Hall–Kier alpha value is -2.14. The molecule has 0 bridgehead atoms. The largest absolute Gasteiger partial charge is 0.478 e. The molecule has 0 spiro atoms. The molecule has 0 saturated heterocycles. The quantitative estimate of drug-likeness (QED) is 0.896. The highest BCUT2D eigenvalue weighted by atomic mass is 16.5. The number of benzene rings is 1. The van der Waals surface area contributed by atoms with E-state index in [0.717, 1.165) is 11.3 Å². The van der Waals surface area contributed by atoms with Gasteiger partial charge < -0.3 is 9.84 Å². The Morgan fingerprint density at radius 1 is 1.44 bits per heavy atom. The van der Waals surface area contributed by atoms with Crippen LogP contribution in [0.5, 0.6) is 0 Å². The molecule has 0 unspecified atom stereocenters. The minimum Gasteiger partial charge on any atom is -0.478 e. The number of para-hydroxylation sites is 1. The summed E-state index contributed by atoms with van der Waals surface area (Å²) >= 11 is 0. The van der Waals surface area contributed by atoms with Gasteiger partial charge in [-0.2, -0.15) is 5.10 Å². The Balaban J connectivity index is 2.58. The lowest BCUT2D eigenvalue weighted by Crippen LogP contribution is -2.08. The van der Waals surface area contributed by atoms with Crippen molar-refractivity contribution in [2.75, 3.05) is 7.11 Å². The first-order valence-corrected chi connectivity index (χ1v) is 5.50. The van der Waals surface area contributed by atoms with E-state index in [0.29, 0.717) is 5.69 Å². The number of carbonyl (C=O) groups is 1. The molecule has 5 nitrogen and oxygen atoms in total. The molecule has 0 atom stereocenters. The average molecular weight is 246 g/mol. The normalized spacial score (nSPS) is 10.6. The summed E-state index contributed by atoms with van der Waals surface area (Å²) in [6.45, 7) is 2.16. The van der Waals surface area contributed by atoms with Crippen molar-refractivity contribution in [1.82, 2.24) is 9.78 Å². The second-order valence-electron chi connectivity index (χ2n) is 3.94. The number of methoxy groups -OCH3 is 1. The fourth-order valence-corrected chi connectivity index (χ4v) is 1.84. The van der Waals surface area contributed by atoms with Crippen molar-refractivity contribution >= 4 is 5.97 Å². The number of nitrogens with zero attached hydrogens (tertiary/aromatic N) is 2. The molecule has 0 amide bonds. The fraction of sp³-hybridized carbons (Fsp3) is 0.231. The number of carboxylic acid groups (broad SMARTS) is 1. The third-order valence-corrected chi connectivity index (χ3v) is 2.72. The van der Waals surface area contributed by atoms with E-state index >= 15 is 0 Å². The molecule has 0 saturated carbocycles. The van der Waals surface area contributed by atoms with Gasteiger partial charge in [0.2, 0.25) is 0 Å². The van der Waals surface area contributed by atoms with Gasteiger partial charge in [0.05, 0.1) is 24.2 Å². The lowest BCUT2D eigenvalue weighted by molar-refractivity contribution is 0.0691. The molecule has 0 aliphatic heterocycles. The second-order valence-corrected chi connectivity index (χ2v) is 3.94. The van der Waals surface area contributed by atoms with Crippen molar-refractivity contribution in [2.45, 2.75) is 13.5 Å². The molecule has 0 fully saturated rings. The average Bonchev–Trinajstić information content (AvgIpc) is 2.74. The molecule has 2 rings (SSSR count). The van der Waals surface area contributed by atoms with Crippen LogP contribution in [0.25, 0.3) is 5.69 Å². The molecule has 1 heterocycles. The lowest BCUT2D eigenvalue weighted by atomic mass is 10.2. The van der Waals surface area contributed by atoms with Crippen molar-refractivity contribution in [3.63, 3.8) is 0 Å². The molecule has 0 aliphatic rings. The van der Waals surface area contributed by atoms with Crippen molar-refractivity contribution in [1.29, 1.82) is 0 Å². The van der Waals surface area contributed by atoms with Gasteiger partial charge in [-0.1, -0.05) is 18.2 Å². The molecule has 5 heteroatoms. The van der Waals surface area contributed by atoms with Crippen LogP contribution < -0.4 is 0 Å². The highest BCUT2D eigenvalue weighted by Gasteiger charge is 2.18. The zero-order chi connectivity index (χ0) is 13.1. The summed E-state index contributed by atoms with van der Waals surface area (Å²) < 4.78 is 6.67. The predicted octanol–water partition coefficient (Wildman–Crippen LogP) is 2.03. The van der Waals surface area contributed by atoms with E-state index < -0.39 is 5.97 Å². The summed E-state index contributed by atoms with van der Waals surface area (Å²) in [5, 5.41) is 13.3. The SMILES string of the molecule is COCc1c(C(=O)O)cnn1-c1ccccc1C. The van der Waals surface area contributed by atoms with Gasteiger partial charge >= 0.3 is 5.97 Å². The van der Waals surface area contributed by atoms with Crippen LogP contribution in [0.15, 0.2) is 30.5 Å². The van der Waals surface area contributed by atoms with E-state index in [2.05, 4.69) is 5.10 Å². The standard InChI is InChI=1S/C13H14N2O3/c1-9-5-3-4-6-11(9)15-12(8-18-2)10(7-14-15)13(16)17/h3-7H,8H2,1-2H3,(H,16,17). The Kier molecular flexibility index (Phi) is 3.43. The van der Waals surface area contributed by atoms with Gasteiger partial charge in [0.25, 0.3) is 0 Å². The zero-order valence-corrected chi connectivity index (χ0v) is 10.3. The van der Waals surface area contributed by atoms with Gasteiger partial charge in [0, 0.05) is 7.11 Å². The molecule has 1 N–H and O–H groups in total. The fourth-order valence-electron chi connectivity index (χ4n) is 1.84. The minimum atomic E-state index is -0.998. The highest BCUT2D eigenvalue weighted by molar-refractivity contribution is 5.88. The Morgan fingerprint density at radius 3 is 2.78 bits per heavy atom. The molecular formula is C13H14N2O3. The van der Waals surface area contributed by atoms with Crippen LogP contribution in [-0.4, -0.2) is 28.0 Å². The molecule has 18 heavy (non-hydrogen) atoms. The molecule has 94 valence electrons. The summed E-state index contributed by atoms with van der Waals surface area (Å²) in [6, 6.07) is 7.67. The van der Waals surface area contributed by atoms with Crippen molar-refractivity contribution < 1.29 is 14.6 Å². The van der Waals surface area contributed by atoms with E-state index in [-0.39, 0.29) is 12.2 Å². The second kappa shape index (κ2) is 5.01. The van der Waals surface area contributed by atoms with Crippen molar-refractivity contribution in [3.8, 4) is 5.69 Å². The molecule has 2 aromatic rings. The van der Waals surface area contributed by atoms with Crippen molar-refractivity contribution in [2.24, 2.45) is 0 Å². The van der Waals surface area contributed by atoms with Crippen LogP contribution in [0.4, 0.5) is 0 Å². The molecule has 0 aliphatic carbocycles. The van der Waals surface area contributed by atoms with E-state index in [9.17, 15) is 4.79 Å². The molecular weight excluding hydrogens is 232 g/mol. The Morgan fingerprint density at radius 2 is 2.17 bits per heavy atom. The number of aryl methyl sites for hydroxylation is 1. The summed E-state index contributed by atoms with van der Waals surface area (Å²) in [5.41, 5.74) is 2.59. The predicted molar refractivity (Wildman–Crippen MR) is 66.0 cm³/mol. The van der Waals surface area contributed by atoms with Crippen LogP contribution >= 0.6 is 0 Å². The van der Waals surface area contributed by atoms with Gasteiger partial charge in [-0.05, 0) is 18.6 Å². The topological polar surface area (TPSA) is 64.3 Å². The van der Waals surface area contributed by atoms with Gasteiger partial charge in [0.1, 0.15) is 5.56 Å². The van der Waals surface area contributed by atoms with E-state index in [1.807, 2.05) is 31.2 Å². The Labute approximate surface area is 105 Å². The van der Waals surface area contributed by atoms with Crippen LogP contribution in [0.1, 0.15) is 21.6 Å². The number of hydrogen-bond acceptors (Lipinski definition) is 3. The number of aromatic carboxylic acids is 1. The number of aromatic nitrogens is 2. The van der Waals surface area contributed by atoms with Crippen LogP contribution in [-0.2, 0) is 11.3 Å². The third kappa shape index (κ3) is 2.12. The number of carboxylic acids is 1. The maximum atomic E-state index is 11.1. The van der Waals surface area contributed by atoms with E-state index in [4.69, 9.17) is 9.84 Å². The number of rotatable bonds is 4. The van der Waals surface area contributed by atoms with Gasteiger partial charge in [-0.3, -0.25) is 0 Å².